The summed E-state index contributed by atoms with van der Waals surface area (Å²) in [5.41, 5.74) is 9.48. The van der Waals surface area contributed by atoms with Gasteiger partial charge in [0.05, 0.1) is 5.56 Å². The molecule has 0 aliphatic carbocycles. The lowest BCUT2D eigenvalue weighted by Gasteiger charge is -2.12. The van der Waals surface area contributed by atoms with Crippen molar-refractivity contribution in [2.45, 2.75) is 20.1 Å². The standard InChI is InChI=1S/C25H21N3O6/c1-15-22(34-25(31)33-15)14-32-24(30)18-4-2-3-16(11-18)21-12-17(5-6-19(21)13-26)23(29)28-20-7-9-27-10-8-20/h2-12H,13-14,26H2,1H3,(H,27,28,29). The highest BCUT2D eigenvalue weighted by atomic mass is 16.6. The fourth-order valence-corrected chi connectivity index (χ4v) is 3.34. The van der Waals surface area contributed by atoms with Crippen LogP contribution in [0.15, 0.2) is 80.6 Å². The number of aryl methyl sites for hydroxylation is 1. The van der Waals surface area contributed by atoms with E-state index < -0.39 is 11.8 Å². The Kier molecular flexibility index (Phi) is 6.65. The van der Waals surface area contributed by atoms with E-state index in [0.29, 0.717) is 16.8 Å². The minimum atomic E-state index is -0.854. The molecule has 0 atom stereocenters. The quantitative estimate of drug-likeness (QED) is 0.399. The largest absolute Gasteiger partial charge is 0.519 e. The molecular formula is C25H21N3O6. The van der Waals surface area contributed by atoms with Gasteiger partial charge in [-0.25, -0.2) is 9.59 Å². The number of anilines is 1. The highest BCUT2D eigenvalue weighted by Gasteiger charge is 2.16. The topological polar surface area (TPSA) is 138 Å². The normalized spacial score (nSPS) is 10.6. The van der Waals surface area contributed by atoms with Gasteiger partial charge in [0.2, 0.25) is 0 Å². The zero-order valence-electron chi connectivity index (χ0n) is 18.2. The number of amides is 1. The van der Waals surface area contributed by atoms with Crippen molar-refractivity contribution in [3.63, 3.8) is 0 Å². The van der Waals surface area contributed by atoms with Gasteiger partial charge in [0.15, 0.2) is 18.1 Å². The number of esters is 1. The first-order valence-corrected chi connectivity index (χ1v) is 10.4. The molecule has 0 bridgehead atoms. The molecule has 0 radical (unpaired) electrons. The second-order valence-electron chi connectivity index (χ2n) is 7.36. The lowest BCUT2D eigenvalue weighted by molar-refractivity contribution is 0.0443. The number of nitrogens with two attached hydrogens (primary N) is 1. The third-order valence-corrected chi connectivity index (χ3v) is 5.11. The zero-order chi connectivity index (χ0) is 24.1. The third kappa shape index (κ3) is 5.11. The van der Waals surface area contributed by atoms with Gasteiger partial charge in [0.25, 0.3) is 5.91 Å². The molecule has 3 N–H and O–H groups in total. The summed E-state index contributed by atoms with van der Waals surface area (Å²) in [6.07, 6.45) is 3.18. The van der Waals surface area contributed by atoms with Gasteiger partial charge in [-0.15, -0.1) is 0 Å². The second-order valence-corrected chi connectivity index (χ2v) is 7.36. The molecule has 4 rings (SSSR count). The number of carbonyl (C=O) groups excluding carboxylic acids is 2. The number of ether oxygens (including phenoxy) is 1. The van der Waals surface area contributed by atoms with Gasteiger partial charge >= 0.3 is 11.8 Å². The number of carbonyl (C=O) groups is 2. The Bertz CT molecular complexity index is 1390. The molecule has 9 heteroatoms. The number of benzene rings is 2. The Morgan fingerprint density at radius 1 is 1.03 bits per heavy atom. The van der Waals surface area contributed by atoms with Crippen molar-refractivity contribution < 1.29 is 23.2 Å². The molecule has 0 saturated heterocycles. The van der Waals surface area contributed by atoms with E-state index in [1.165, 1.54) is 0 Å². The van der Waals surface area contributed by atoms with Gasteiger partial charge in [-0.3, -0.25) is 9.78 Å². The van der Waals surface area contributed by atoms with E-state index in [-0.39, 0.29) is 36.1 Å². The highest BCUT2D eigenvalue weighted by molar-refractivity contribution is 6.05. The van der Waals surface area contributed by atoms with Crippen molar-refractivity contribution in [2.75, 3.05) is 5.32 Å². The van der Waals surface area contributed by atoms with E-state index in [0.717, 1.165) is 11.1 Å². The summed E-state index contributed by atoms with van der Waals surface area (Å²) >= 11 is 0. The minimum absolute atomic E-state index is 0.146. The average Bonchev–Trinajstić information content (AvgIpc) is 3.19. The van der Waals surface area contributed by atoms with E-state index in [4.69, 9.17) is 19.3 Å². The Hall–Kier alpha value is -4.50. The maximum absolute atomic E-state index is 12.7. The highest BCUT2D eigenvalue weighted by Crippen LogP contribution is 2.27. The molecule has 0 saturated carbocycles. The molecule has 9 nitrogen and oxygen atoms in total. The van der Waals surface area contributed by atoms with Crippen LogP contribution in [0, 0.1) is 6.92 Å². The Morgan fingerprint density at radius 3 is 2.53 bits per heavy atom. The molecule has 0 aliphatic rings. The molecule has 0 aliphatic heterocycles. The lowest BCUT2D eigenvalue weighted by Crippen LogP contribution is -2.12. The maximum atomic E-state index is 12.7. The first kappa shape index (κ1) is 22.7. The van der Waals surface area contributed by atoms with E-state index in [1.807, 2.05) is 6.07 Å². The van der Waals surface area contributed by atoms with E-state index >= 15 is 0 Å². The molecule has 0 fully saturated rings. The van der Waals surface area contributed by atoms with Crippen LogP contribution >= 0.6 is 0 Å². The van der Waals surface area contributed by atoms with Crippen molar-refractivity contribution in [1.82, 2.24) is 4.98 Å². The van der Waals surface area contributed by atoms with Gasteiger partial charge in [0, 0.05) is 30.2 Å². The number of hydrogen-bond acceptors (Lipinski definition) is 8. The van der Waals surface area contributed by atoms with Crippen molar-refractivity contribution in [1.29, 1.82) is 0 Å². The van der Waals surface area contributed by atoms with Crippen LogP contribution in [0.1, 0.15) is 37.8 Å². The number of nitrogens with one attached hydrogen (secondary N) is 1. The number of pyridine rings is 1. The van der Waals surface area contributed by atoms with Crippen molar-refractivity contribution >= 4 is 17.6 Å². The van der Waals surface area contributed by atoms with Crippen LogP contribution in [-0.4, -0.2) is 16.9 Å². The van der Waals surface area contributed by atoms with Gasteiger partial charge in [-0.1, -0.05) is 18.2 Å². The van der Waals surface area contributed by atoms with Crippen molar-refractivity contribution in [2.24, 2.45) is 5.73 Å². The van der Waals surface area contributed by atoms with Crippen LogP contribution in [0.2, 0.25) is 0 Å². The van der Waals surface area contributed by atoms with Gasteiger partial charge in [0.1, 0.15) is 0 Å². The van der Waals surface area contributed by atoms with E-state index in [2.05, 4.69) is 10.3 Å². The Balaban J connectivity index is 1.57. The maximum Gasteiger partial charge on any atom is 0.519 e. The summed E-state index contributed by atoms with van der Waals surface area (Å²) in [7, 11) is 0. The minimum Gasteiger partial charge on any atom is -0.454 e. The van der Waals surface area contributed by atoms with Crippen LogP contribution in [0.4, 0.5) is 5.69 Å². The summed E-state index contributed by atoms with van der Waals surface area (Å²) < 4.78 is 14.9. The molecule has 0 spiro atoms. The summed E-state index contributed by atoms with van der Waals surface area (Å²) in [5, 5.41) is 2.82. The van der Waals surface area contributed by atoms with Gasteiger partial charge < -0.3 is 24.6 Å². The van der Waals surface area contributed by atoms with Crippen LogP contribution < -0.4 is 16.9 Å². The number of rotatable bonds is 7. The van der Waals surface area contributed by atoms with Crippen LogP contribution in [-0.2, 0) is 17.9 Å². The van der Waals surface area contributed by atoms with Crippen LogP contribution in [0.3, 0.4) is 0 Å². The summed E-state index contributed by atoms with van der Waals surface area (Å²) in [6.45, 7) is 1.55. The van der Waals surface area contributed by atoms with Crippen LogP contribution in [0.25, 0.3) is 11.1 Å². The summed E-state index contributed by atoms with van der Waals surface area (Å²) in [6, 6.07) is 15.4. The monoisotopic (exact) mass is 459 g/mol. The van der Waals surface area contributed by atoms with Crippen molar-refractivity contribution in [3.8, 4) is 11.1 Å². The first-order chi connectivity index (χ1) is 16.4. The fourth-order valence-electron chi connectivity index (χ4n) is 3.34. The Labute approximate surface area is 194 Å². The number of nitrogens with zero attached hydrogens (tertiary/aromatic N) is 1. The van der Waals surface area contributed by atoms with Gasteiger partial charge in [-0.2, -0.15) is 0 Å². The predicted octanol–water partition coefficient (Wildman–Crippen LogP) is 3.67. The predicted molar refractivity (Wildman–Crippen MR) is 123 cm³/mol. The molecule has 2 heterocycles. The number of aromatic nitrogens is 1. The number of hydrogen-bond donors (Lipinski definition) is 2. The molecule has 4 aromatic rings. The SMILES string of the molecule is Cc1oc(=O)oc1COC(=O)c1cccc(-c2cc(C(=O)Nc3ccncc3)ccc2CN)c1. The van der Waals surface area contributed by atoms with E-state index in [9.17, 15) is 14.4 Å². The smallest absolute Gasteiger partial charge is 0.454 e. The lowest BCUT2D eigenvalue weighted by atomic mass is 9.95. The van der Waals surface area contributed by atoms with Crippen molar-refractivity contribution in [3.05, 3.63) is 106 Å². The first-order valence-electron chi connectivity index (χ1n) is 10.4. The van der Waals surface area contributed by atoms with E-state index in [1.54, 1.807) is 67.8 Å². The second kappa shape index (κ2) is 9.97. The zero-order valence-corrected chi connectivity index (χ0v) is 18.2. The Morgan fingerprint density at radius 2 is 1.82 bits per heavy atom. The van der Waals surface area contributed by atoms with Gasteiger partial charge in [-0.05, 0) is 60.0 Å². The van der Waals surface area contributed by atoms with Crippen LogP contribution in [0.5, 0.6) is 0 Å². The molecule has 34 heavy (non-hydrogen) atoms. The molecule has 1 amide bonds. The molecule has 2 aromatic heterocycles. The third-order valence-electron chi connectivity index (χ3n) is 5.11. The molecule has 172 valence electrons. The molecule has 0 unspecified atom stereocenters. The summed E-state index contributed by atoms with van der Waals surface area (Å²) in [4.78, 5) is 40.4. The molecule has 2 aromatic carbocycles. The summed E-state index contributed by atoms with van der Waals surface area (Å²) in [5.74, 6) is -1.35. The fraction of sp³-hybridized carbons (Fsp3) is 0.120. The average molecular weight is 459 g/mol. The molecular weight excluding hydrogens is 438 g/mol.